The van der Waals surface area contributed by atoms with Gasteiger partial charge in [-0.15, -0.1) is 0 Å². The van der Waals surface area contributed by atoms with Crippen molar-refractivity contribution < 1.29 is 28.5 Å². The number of nitrogens with one attached hydrogen (secondary N) is 1. The molecule has 1 fully saturated rings. The minimum Gasteiger partial charge on any atom is -0.383 e. The molecule has 1 unspecified atom stereocenters. The van der Waals surface area contributed by atoms with Crippen molar-refractivity contribution in [3.05, 3.63) is 63.6 Å². The van der Waals surface area contributed by atoms with Crippen molar-refractivity contribution in [2.75, 3.05) is 105 Å². The van der Waals surface area contributed by atoms with Crippen molar-refractivity contribution in [1.29, 1.82) is 0 Å². The van der Waals surface area contributed by atoms with Gasteiger partial charge in [0.15, 0.2) is 0 Å². The summed E-state index contributed by atoms with van der Waals surface area (Å²) in [7, 11) is 3.54. The van der Waals surface area contributed by atoms with E-state index in [-0.39, 0.29) is 18.4 Å². The van der Waals surface area contributed by atoms with Crippen LogP contribution in [0.1, 0.15) is 30.0 Å². The molecule has 9 nitrogen and oxygen atoms in total. The zero-order valence-corrected chi connectivity index (χ0v) is 27.0. The number of methoxy groups -OCH3 is 1. The molecule has 43 heavy (non-hydrogen) atoms. The highest BCUT2D eigenvalue weighted by Crippen LogP contribution is 2.27. The average molecular weight is 641 g/mol. The van der Waals surface area contributed by atoms with E-state index in [0.29, 0.717) is 76.1 Å². The van der Waals surface area contributed by atoms with Crippen LogP contribution in [0.2, 0.25) is 10.0 Å². The van der Waals surface area contributed by atoms with Gasteiger partial charge in [0.1, 0.15) is 0 Å². The molecule has 0 spiro atoms. The summed E-state index contributed by atoms with van der Waals surface area (Å²) in [6, 6.07) is 13.6. The number of amides is 1. The standard InChI is InChI=1S/C32H47Cl2N3O6/c1-36(32(38)24-26-5-10-29(33)30(34)23-26)31(25-37-12-3-4-13-37)27-6-8-28(9-7-27)35-11-14-40-17-18-42-21-22-43-20-19-41-16-15-39-2/h5-10,23,31,35H,3-4,11-22,24-25H2,1-2H3. The smallest absolute Gasteiger partial charge is 0.227 e. The molecule has 0 radical (unpaired) electrons. The van der Waals surface area contributed by atoms with E-state index >= 15 is 0 Å². The fraction of sp³-hybridized carbons (Fsp3) is 0.594. The topological polar surface area (TPSA) is 81.7 Å². The third kappa shape index (κ3) is 13.7. The highest BCUT2D eigenvalue weighted by atomic mass is 35.5. The number of likely N-dealkylation sites (tertiary alicyclic amines) is 1. The maximum Gasteiger partial charge on any atom is 0.227 e. The van der Waals surface area contributed by atoms with E-state index < -0.39 is 0 Å². The van der Waals surface area contributed by atoms with Gasteiger partial charge in [0, 0.05) is 32.9 Å². The minimum atomic E-state index is -0.0506. The molecule has 1 amide bonds. The Kier molecular flexibility index (Phi) is 17.3. The third-order valence-electron chi connectivity index (χ3n) is 7.25. The van der Waals surface area contributed by atoms with Gasteiger partial charge in [-0.05, 0) is 61.3 Å². The number of rotatable bonds is 22. The Bertz CT molecular complexity index is 1060. The zero-order chi connectivity index (χ0) is 30.7. The van der Waals surface area contributed by atoms with Gasteiger partial charge < -0.3 is 38.8 Å². The Morgan fingerprint density at radius 1 is 0.837 bits per heavy atom. The molecule has 2 aromatic rings. The second kappa shape index (κ2) is 20.9. The van der Waals surface area contributed by atoms with Crippen LogP contribution in [0.25, 0.3) is 0 Å². The average Bonchev–Trinajstić information content (AvgIpc) is 3.53. The van der Waals surface area contributed by atoms with Crippen LogP contribution in [0.15, 0.2) is 42.5 Å². The van der Waals surface area contributed by atoms with Crippen LogP contribution in [0.3, 0.4) is 0 Å². The van der Waals surface area contributed by atoms with Crippen LogP contribution < -0.4 is 5.32 Å². The number of hydrogen-bond donors (Lipinski definition) is 1. The number of likely N-dealkylation sites (N-methyl/N-ethyl adjacent to an activating group) is 1. The van der Waals surface area contributed by atoms with E-state index in [2.05, 4.69) is 34.5 Å². The highest BCUT2D eigenvalue weighted by Gasteiger charge is 2.26. The predicted molar refractivity (Wildman–Crippen MR) is 171 cm³/mol. The molecule has 1 aliphatic heterocycles. The molecular weight excluding hydrogens is 593 g/mol. The lowest BCUT2D eigenvalue weighted by atomic mass is 10.0. The maximum absolute atomic E-state index is 13.3. The maximum atomic E-state index is 13.3. The number of carbonyl (C=O) groups is 1. The van der Waals surface area contributed by atoms with E-state index in [0.717, 1.165) is 36.4 Å². The molecule has 11 heteroatoms. The van der Waals surface area contributed by atoms with Gasteiger partial charge in [0.2, 0.25) is 5.91 Å². The summed E-state index contributed by atoms with van der Waals surface area (Å²) in [6.07, 6.45) is 2.67. The summed E-state index contributed by atoms with van der Waals surface area (Å²) < 4.78 is 26.9. The third-order valence-corrected chi connectivity index (χ3v) is 7.99. The minimum absolute atomic E-state index is 0.0433. The van der Waals surface area contributed by atoms with E-state index in [9.17, 15) is 4.79 Å². The van der Waals surface area contributed by atoms with Gasteiger partial charge in [0.25, 0.3) is 0 Å². The van der Waals surface area contributed by atoms with Gasteiger partial charge in [-0.25, -0.2) is 0 Å². The van der Waals surface area contributed by atoms with E-state index in [4.69, 9.17) is 46.9 Å². The number of halogens is 2. The molecule has 1 saturated heterocycles. The normalized spacial score (nSPS) is 14.2. The number of ether oxygens (including phenoxy) is 5. The molecule has 1 aliphatic rings. The van der Waals surface area contributed by atoms with Gasteiger partial charge in [-0.2, -0.15) is 0 Å². The fourth-order valence-electron chi connectivity index (χ4n) is 4.78. The van der Waals surface area contributed by atoms with Crippen molar-refractivity contribution >= 4 is 34.8 Å². The van der Waals surface area contributed by atoms with E-state index in [1.54, 1.807) is 19.2 Å². The number of benzene rings is 2. The number of anilines is 1. The van der Waals surface area contributed by atoms with Gasteiger partial charge in [0.05, 0.1) is 82.0 Å². The molecule has 2 aromatic carbocycles. The first-order valence-electron chi connectivity index (χ1n) is 15.0. The molecule has 1 atom stereocenters. The second-order valence-electron chi connectivity index (χ2n) is 10.4. The van der Waals surface area contributed by atoms with Crippen LogP contribution in [-0.4, -0.2) is 116 Å². The molecule has 3 rings (SSSR count). The summed E-state index contributed by atoms with van der Waals surface area (Å²) in [5.41, 5.74) is 2.97. The van der Waals surface area contributed by atoms with Crippen molar-refractivity contribution in [2.45, 2.75) is 25.3 Å². The first-order chi connectivity index (χ1) is 21.0. The molecule has 1 heterocycles. The van der Waals surface area contributed by atoms with Gasteiger partial charge >= 0.3 is 0 Å². The first kappa shape index (κ1) is 35.5. The number of nitrogens with zero attached hydrogens (tertiary/aromatic N) is 2. The Hall–Kier alpha value is -1.95. The van der Waals surface area contributed by atoms with Crippen LogP contribution in [0.5, 0.6) is 0 Å². The Morgan fingerprint density at radius 2 is 1.42 bits per heavy atom. The van der Waals surface area contributed by atoms with Crippen molar-refractivity contribution in [1.82, 2.24) is 9.80 Å². The summed E-state index contributed by atoms with van der Waals surface area (Å²) in [6.45, 7) is 8.58. The molecule has 0 aromatic heterocycles. The largest absolute Gasteiger partial charge is 0.383 e. The molecule has 240 valence electrons. The van der Waals surface area contributed by atoms with Crippen molar-refractivity contribution in [3.8, 4) is 0 Å². The van der Waals surface area contributed by atoms with Gasteiger partial charge in [-0.1, -0.05) is 41.4 Å². The van der Waals surface area contributed by atoms with Crippen molar-refractivity contribution in [2.24, 2.45) is 0 Å². The van der Waals surface area contributed by atoms with E-state index in [1.807, 2.05) is 18.0 Å². The monoisotopic (exact) mass is 639 g/mol. The molecule has 0 aliphatic carbocycles. The van der Waals surface area contributed by atoms with Crippen LogP contribution in [-0.2, 0) is 34.9 Å². The van der Waals surface area contributed by atoms with Crippen LogP contribution in [0, 0.1) is 0 Å². The van der Waals surface area contributed by atoms with E-state index in [1.165, 1.54) is 12.8 Å². The fourth-order valence-corrected chi connectivity index (χ4v) is 5.10. The Labute approximate surface area is 266 Å². The SMILES string of the molecule is COCCOCCOCCOCCOCCNc1ccc(C(CN2CCCC2)N(C)C(=O)Cc2ccc(Cl)c(Cl)c2)cc1. The van der Waals surface area contributed by atoms with Crippen molar-refractivity contribution in [3.63, 3.8) is 0 Å². The lowest BCUT2D eigenvalue weighted by Gasteiger charge is -2.32. The summed E-state index contributed by atoms with van der Waals surface area (Å²) in [4.78, 5) is 17.6. The van der Waals surface area contributed by atoms with Gasteiger partial charge in [-0.3, -0.25) is 4.79 Å². The zero-order valence-electron chi connectivity index (χ0n) is 25.5. The first-order valence-corrected chi connectivity index (χ1v) is 15.8. The predicted octanol–water partition coefficient (Wildman–Crippen LogP) is 4.96. The summed E-state index contributed by atoms with van der Waals surface area (Å²) in [5, 5.41) is 4.35. The molecule has 0 bridgehead atoms. The lowest BCUT2D eigenvalue weighted by molar-refractivity contribution is -0.131. The molecular formula is C32H47Cl2N3O6. The number of hydrogen-bond acceptors (Lipinski definition) is 8. The summed E-state index contributed by atoms with van der Waals surface area (Å²) in [5.74, 6) is 0.0433. The molecule has 0 saturated carbocycles. The molecule has 1 N–H and O–H groups in total. The summed E-state index contributed by atoms with van der Waals surface area (Å²) >= 11 is 12.2. The van der Waals surface area contributed by atoms with Crippen LogP contribution in [0.4, 0.5) is 5.69 Å². The Morgan fingerprint density at radius 3 is 2.00 bits per heavy atom. The lowest BCUT2D eigenvalue weighted by Crippen LogP contribution is -2.39. The van der Waals surface area contributed by atoms with Crippen LogP contribution >= 0.6 is 23.2 Å². The quantitative estimate of drug-likeness (QED) is 0.181. The Balaban J connectivity index is 1.36. The highest BCUT2D eigenvalue weighted by molar-refractivity contribution is 6.42. The number of carbonyl (C=O) groups excluding carboxylic acids is 1. The second-order valence-corrected chi connectivity index (χ2v) is 11.3.